The average Bonchev–Trinajstić information content (AvgIpc) is 2.88. The third-order valence-electron chi connectivity index (χ3n) is 5.97. The van der Waals surface area contributed by atoms with Crippen molar-refractivity contribution in [2.45, 2.75) is 12.6 Å². The highest BCUT2D eigenvalue weighted by atomic mass is 16.6. The van der Waals surface area contributed by atoms with Crippen LogP contribution >= 0.6 is 0 Å². The zero-order valence-corrected chi connectivity index (χ0v) is 19.0. The van der Waals surface area contributed by atoms with Crippen LogP contribution in [0.2, 0.25) is 0 Å². The fourth-order valence-electron chi connectivity index (χ4n) is 4.29. The summed E-state index contributed by atoms with van der Waals surface area (Å²) in [6, 6.07) is 13.7. The van der Waals surface area contributed by atoms with Gasteiger partial charge in [-0.05, 0) is 30.3 Å². The largest absolute Gasteiger partial charge is 0.496 e. The van der Waals surface area contributed by atoms with Crippen molar-refractivity contribution in [3.8, 4) is 23.0 Å². The summed E-state index contributed by atoms with van der Waals surface area (Å²) < 4.78 is 28.7. The quantitative estimate of drug-likeness (QED) is 0.588. The number of aromatic nitrogens is 1. The number of benzene rings is 2. The highest BCUT2D eigenvalue weighted by molar-refractivity contribution is 5.92. The van der Waals surface area contributed by atoms with Gasteiger partial charge in [0.2, 0.25) is 0 Å². The molecule has 0 unspecified atom stereocenters. The van der Waals surface area contributed by atoms with E-state index in [1.165, 1.54) is 0 Å². The highest BCUT2D eigenvalue weighted by Gasteiger charge is 2.22. The average molecular weight is 452 g/mol. The number of ether oxygens (including phenoxy) is 5. The Bertz CT molecular complexity index is 1120. The van der Waals surface area contributed by atoms with Crippen molar-refractivity contribution < 1.29 is 23.7 Å². The minimum absolute atomic E-state index is 0.0604. The van der Waals surface area contributed by atoms with E-state index in [0.717, 1.165) is 58.4 Å². The molecule has 0 saturated carbocycles. The first-order chi connectivity index (χ1) is 16.3. The SMILES string of the molecule is COc1ccc(OC)c2nc(N3CCOCC3)c(CNC[C@H]3COc4ccccc4O3)cc12. The Hall–Kier alpha value is -3.23. The van der Waals surface area contributed by atoms with Gasteiger partial charge in [-0.3, -0.25) is 0 Å². The first-order valence-corrected chi connectivity index (χ1v) is 11.2. The predicted octanol–water partition coefficient (Wildman–Crippen LogP) is 3.02. The van der Waals surface area contributed by atoms with Crippen molar-refractivity contribution in [3.63, 3.8) is 0 Å². The number of anilines is 1. The van der Waals surface area contributed by atoms with Crippen LogP contribution in [0, 0.1) is 0 Å². The molecule has 1 aromatic heterocycles. The maximum atomic E-state index is 6.09. The first kappa shape index (κ1) is 21.6. The molecule has 8 heteroatoms. The van der Waals surface area contributed by atoms with E-state index in [1.807, 2.05) is 36.4 Å². The van der Waals surface area contributed by atoms with Gasteiger partial charge in [-0.25, -0.2) is 4.98 Å². The number of hydrogen-bond donors (Lipinski definition) is 1. The van der Waals surface area contributed by atoms with Gasteiger partial charge in [0.1, 0.15) is 35.5 Å². The van der Waals surface area contributed by atoms with Crippen LogP contribution < -0.4 is 29.2 Å². The number of pyridine rings is 1. The molecule has 1 atom stereocenters. The summed E-state index contributed by atoms with van der Waals surface area (Å²) in [6.07, 6.45) is -0.0604. The standard InChI is InChI=1S/C25H29N3O5/c1-29-20-7-8-23(30-2)24-19(20)13-17(25(27-24)28-9-11-31-12-10-28)14-26-15-18-16-32-21-5-3-4-6-22(21)33-18/h3-8,13,18,26H,9-12,14-16H2,1-2H3/t18-/m0/s1. The van der Waals surface area contributed by atoms with Gasteiger partial charge in [-0.1, -0.05) is 12.1 Å². The fourth-order valence-corrected chi connectivity index (χ4v) is 4.29. The van der Waals surface area contributed by atoms with Gasteiger partial charge >= 0.3 is 0 Å². The van der Waals surface area contributed by atoms with Crippen LogP contribution in [0.4, 0.5) is 5.82 Å². The van der Waals surface area contributed by atoms with Gasteiger partial charge in [0, 0.05) is 37.1 Å². The molecule has 8 nitrogen and oxygen atoms in total. The van der Waals surface area contributed by atoms with Crippen molar-refractivity contribution >= 4 is 16.7 Å². The molecule has 0 amide bonds. The maximum absolute atomic E-state index is 6.09. The van der Waals surface area contributed by atoms with Gasteiger partial charge in [-0.15, -0.1) is 0 Å². The van der Waals surface area contributed by atoms with Crippen molar-refractivity contribution in [1.82, 2.24) is 10.3 Å². The molecular weight excluding hydrogens is 422 g/mol. The number of fused-ring (bicyclic) bond motifs is 2. The summed E-state index contributed by atoms with van der Waals surface area (Å²) in [5.74, 6) is 4.02. The van der Waals surface area contributed by atoms with E-state index in [-0.39, 0.29) is 6.10 Å². The van der Waals surface area contributed by atoms with E-state index >= 15 is 0 Å². The van der Waals surface area contributed by atoms with E-state index in [2.05, 4.69) is 16.3 Å². The Balaban J connectivity index is 1.39. The molecule has 2 aliphatic heterocycles. The van der Waals surface area contributed by atoms with Crippen LogP contribution in [0.3, 0.4) is 0 Å². The number of nitrogens with zero attached hydrogens (tertiary/aromatic N) is 2. The van der Waals surface area contributed by atoms with Gasteiger partial charge < -0.3 is 33.9 Å². The molecule has 5 rings (SSSR count). The number of hydrogen-bond acceptors (Lipinski definition) is 8. The van der Waals surface area contributed by atoms with E-state index in [9.17, 15) is 0 Å². The number of para-hydroxylation sites is 2. The molecule has 0 radical (unpaired) electrons. The van der Waals surface area contributed by atoms with Crippen LogP contribution in [-0.2, 0) is 11.3 Å². The summed E-state index contributed by atoms with van der Waals surface area (Å²) in [5, 5.41) is 4.47. The van der Waals surface area contributed by atoms with E-state index < -0.39 is 0 Å². The zero-order valence-electron chi connectivity index (χ0n) is 19.0. The molecule has 2 aromatic carbocycles. The number of methoxy groups -OCH3 is 2. The maximum Gasteiger partial charge on any atom is 0.161 e. The Labute approximate surface area is 193 Å². The third-order valence-corrected chi connectivity index (χ3v) is 5.97. The summed E-state index contributed by atoms with van der Waals surface area (Å²) in [5.41, 5.74) is 1.88. The number of nitrogens with one attached hydrogen (secondary N) is 1. The molecule has 33 heavy (non-hydrogen) atoms. The summed E-state index contributed by atoms with van der Waals surface area (Å²) in [7, 11) is 3.34. The Morgan fingerprint density at radius 3 is 2.58 bits per heavy atom. The Morgan fingerprint density at radius 1 is 1.03 bits per heavy atom. The molecular formula is C25H29N3O5. The van der Waals surface area contributed by atoms with E-state index in [0.29, 0.717) is 32.9 Å². The lowest BCUT2D eigenvalue weighted by Crippen LogP contribution is -2.39. The van der Waals surface area contributed by atoms with Gasteiger partial charge in [0.05, 0.1) is 27.4 Å². The lowest BCUT2D eigenvalue weighted by molar-refractivity contribution is 0.0902. The number of rotatable bonds is 7. The van der Waals surface area contributed by atoms with Crippen LogP contribution in [0.5, 0.6) is 23.0 Å². The lowest BCUT2D eigenvalue weighted by Gasteiger charge is -2.30. The second-order valence-electron chi connectivity index (χ2n) is 8.07. The van der Waals surface area contributed by atoms with Gasteiger partial charge in [0.15, 0.2) is 11.5 Å². The molecule has 174 valence electrons. The van der Waals surface area contributed by atoms with Crippen LogP contribution in [0.15, 0.2) is 42.5 Å². The molecule has 3 heterocycles. The Kier molecular flexibility index (Phi) is 6.37. The molecule has 0 spiro atoms. The topological polar surface area (TPSA) is 74.3 Å². The molecule has 0 bridgehead atoms. The van der Waals surface area contributed by atoms with Gasteiger partial charge in [0.25, 0.3) is 0 Å². The minimum Gasteiger partial charge on any atom is -0.496 e. The lowest BCUT2D eigenvalue weighted by atomic mass is 10.1. The van der Waals surface area contributed by atoms with E-state index in [4.69, 9.17) is 28.7 Å². The van der Waals surface area contributed by atoms with Crippen molar-refractivity contribution in [2.75, 3.05) is 58.6 Å². The molecule has 1 N–H and O–H groups in total. The zero-order chi connectivity index (χ0) is 22.6. The predicted molar refractivity (Wildman–Crippen MR) is 126 cm³/mol. The van der Waals surface area contributed by atoms with Crippen molar-refractivity contribution in [1.29, 1.82) is 0 Å². The smallest absolute Gasteiger partial charge is 0.161 e. The summed E-state index contributed by atoms with van der Waals surface area (Å²) in [4.78, 5) is 7.32. The van der Waals surface area contributed by atoms with Crippen molar-refractivity contribution in [2.24, 2.45) is 0 Å². The highest BCUT2D eigenvalue weighted by Crippen LogP contribution is 2.36. The molecule has 3 aromatic rings. The fraction of sp³-hybridized carbons (Fsp3) is 0.400. The van der Waals surface area contributed by atoms with Crippen LogP contribution in [-0.4, -0.2) is 64.8 Å². The monoisotopic (exact) mass is 451 g/mol. The second-order valence-corrected chi connectivity index (χ2v) is 8.07. The van der Waals surface area contributed by atoms with Crippen molar-refractivity contribution in [3.05, 3.63) is 48.0 Å². The molecule has 0 aliphatic carbocycles. The molecule has 1 fully saturated rings. The minimum atomic E-state index is -0.0604. The van der Waals surface area contributed by atoms with Crippen LogP contribution in [0.25, 0.3) is 10.9 Å². The normalized spacial score (nSPS) is 17.8. The van der Waals surface area contributed by atoms with Crippen LogP contribution in [0.1, 0.15) is 5.56 Å². The van der Waals surface area contributed by atoms with E-state index in [1.54, 1.807) is 14.2 Å². The molecule has 2 aliphatic rings. The Morgan fingerprint density at radius 2 is 1.79 bits per heavy atom. The second kappa shape index (κ2) is 9.72. The molecule has 1 saturated heterocycles. The number of morpholine rings is 1. The first-order valence-electron chi connectivity index (χ1n) is 11.2. The summed E-state index contributed by atoms with van der Waals surface area (Å²) >= 11 is 0. The third kappa shape index (κ3) is 4.49. The van der Waals surface area contributed by atoms with Gasteiger partial charge in [-0.2, -0.15) is 0 Å². The summed E-state index contributed by atoms with van der Waals surface area (Å²) in [6.45, 7) is 4.79.